The number of aromatic hydroxyl groups is 1. The number of phenolic OH excluding ortho intramolecular Hbond substituents is 1. The summed E-state index contributed by atoms with van der Waals surface area (Å²) < 4.78 is 28.1. The van der Waals surface area contributed by atoms with E-state index in [1.807, 2.05) is 51.1 Å². The van der Waals surface area contributed by atoms with Crippen LogP contribution in [-0.2, 0) is 16.4 Å². The van der Waals surface area contributed by atoms with Gasteiger partial charge in [0.15, 0.2) is 0 Å². The average molecular weight is 362 g/mol. The third-order valence-electron chi connectivity index (χ3n) is 4.18. The Kier molecular flexibility index (Phi) is 6.62. The molecule has 0 saturated carbocycles. The molecule has 0 bridgehead atoms. The molecule has 0 fully saturated rings. The Balaban J connectivity index is 2.37. The normalized spacial score (nSPS) is 13.3. The second-order valence-corrected chi connectivity index (χ2v) is 8.60. The van der Waals surface area contributed by atoms with Crippen LogP contribution in [0.3, 0.4) is 0 Å². The van der Waals surface area contributed by atoms with Gasteiger partial charge in [-0.2, -0.15) is 4.31 Å². The molecule has 0 amide bonds. The smallest absolute Gasteiger partial charge is 0.243 e. The summed E-state index contributed by atoms with van der Waals surface area (Å²) in [6.07, 6.45) is 1.42. The number of hydrogen-bond donors (Lipinski definition) is 1. The molecule has 4 nitrogen and oxygen atoms in total. The van der Waals surface area contributed by atoms with Gasteiger partial charge in [-0.05, 0) is 48.6 Å². The summed E-state index contributed by atoms with van der Waals surface area (Å²) in [5, 5.41) is 9.45. The van der Waals surface area contributed by atoms with Gasteiger partial charge >= 0.3 is 0 Å². The SMILES string of the molecule is CCC(Cc1ccccc1)N(CC(C)C)S(=O)(=O)c1ccc(O)cc1. The van der Waals surface area contributed by atoms with E-state index in [4.69, 9.17) is 0 Å². The first kappa shape index (κ1) is 19.5. The van der Waals surface area contributed by atoms with E-state index >= 15 is 0 Å². The molecule has 5 heteroatoms. The highest BCUT2D eigenvalue weighted by Crippen LogP contribution is 2.25. The van der Waals surface area contributed by atoms with E-state index in [-0.39, 0.29) is 22.6 Å². The van der Waals surface area contributed by atoms with Crippen molar-refractivity contribution >= 4 is 10.0 Å². The molecular formula is C20H27NO3S. The minimum absolute atomic E-state index is 0.0608. The van der Waals surface area contributed by atoms with Crippen molar-refractivity contribution in [2.45, 2.75) is 44.6 Å². The molecule has 0 aromatic heterocycles. The number of phenols is 1. The van der Waals surface area contributed by atoms with Crippen LogP contribution in [0.25, 0.3) is 0 Å². The lowest BCUT2D eigenvalue weighted by Gasteiger charge is -2.32. The van der Waals surface area contributed by atoms with Crippen LogP contribution in [0, 0.1) is 5.92 Å². The van der Waals surface area contributed by atoms with Gasteiger partial charge in [0.1, 0.15) is 5.75 Å². The number of sulfonamides is 1. The summed E-state index contributed by atoms with van der Waals surface area (Å²) in [5.41, 5.74) is 1.13. The summed E-state index contributed by atoms with van der Waals surface area (Å²) in [4.78, 5) is 0.220. The second kappa shape index (κ2) is 8.50. The van der Waals surface area contributed by atoms with E-state index in [0.29, 0.717) is 13.0 Å². The van der Waals surface area contributed by atoms with Crippen LogP contribution in [-0.4, -0.2) is 30.4 Å². The van der Waals surface area contributed by atoms with Gasteiger partial charge in [-0.25, -0.2) is 8.42 Å². The number of benzene rings is 2. The van der Waals surface area contributed by atoms with E-state index in [1.54, 1.807) is 4.31 Å². The fraction of sp³-hybridized carbons (Fsp3) is 0.400. The molecule has 0 aliphatic carbocycles. The van der Waals surface area contributed by atoms with Crippen molar-refractivity contribution in [1.29, 1.82) is 0 Å². The molecule has 0 saturated heterocycles. The average Bonchev–Trinajstić information content (AvgIpc) is 2.59. The topological polar surface area (TPSA) is 57.6 Å². The Bertz CT molecular complexity index is 755. The highest BCUT2D eigenvalue weighted by Gasteiger charge is 2.31. The molecule has 0 spiro atoms. The van der Waals surface area contributed by atoms with Crippen LogP contribution in [0.5, 0.6) is 5.75 Å². The van der Waals surface area contributed by atoms with E-state index in [1.165, 1.54) is 24.3 Å². The van der Waals surface area contributed by atoms with Gasteiger partial charge in [0.25, 0.3) is 0 Å². The Morgan fingerprint density at radius 1 is 1.00 bits per heavy atom. The van der Waals surface area contributed by atoms with Crippen molar-refractivity contribution in [2.24, 2.45) is 5.92 Å². The van der Waals surface area contributed by atoms with Gasteiger partial charge < -0.3 is 5.11 Å². The van der Waals surface area contributed by atoms with Crippen LogP contribution in [0.4, 0.5) is 0 Å². The first-order chi connectivity index (χ1) is 11.8. The molecule has 25 heavy (non-hydrogen) atoms. The van der Waals surface area contributed by atoms with Crippen molar-refractivity contribution < 1.29 is 13.5 Å². The first-order valence-electron chi connectivity index (χ1n) is 8.69. The maximum atomic E-state index is 13.2. The quantitative estimate of drug-likeness (QED) is 0.771. The lowest BCUT2D eigenvalue weighted by Crippen LogP contribution is -2.43. The first-order valence-corrected chi connectivity index (χ1v) is 10.1. The van der Waals surface area contributed by atoms with E-state index < -0.39 is 10.0 Å². The zero-order valence-corrected chi connectivity index (χ0v) is 15.9. The Morgan fingerprint density at radius 2 is 1.60 bits per heavy atom. The van der Waals surface area contributed by atoms with Crippen molar-refractivity contribution in [3.63, 3.8) is 0 Å². The zero-order valence-electron chi connectivity index (χ0n) is 15.1. The van der Waals surface area contributed by atoms with E-state index in [0.717, 1.165) is 12.0 Å². The Hall–Kier alpha value is -1.85. The second-order valence-electron chi connectivity index (χ2n) is 6.71. The third kappa shape index (κ3) is 5.06. The molecule has 0 heterocycles. The van der Waals surface area contributed by atoms with Crippen molar-refractivity contribution in [1.82, 2.24) is 4.31 Å². The van der Waals surface area contributed by atoms with Crippen molar-refractivity contribution in [3.05, 3.63) is 60.2 Å². The molecular weight excluding hydrogens is 334 g/mol. The summed E-state index contributed by atoms with van der Waals surface area (Å²) >= 11 is 0. The van der Waals surface area contributed by atoms with Crippen LogP contribution < -0.4 is 0 Å². The molecule has 1 N–H and O–H groups in total. The lowest BCUT2D eigenvalue weighted by atomic mass is 10.0. The Morgan fingerprint density at radius 3 is 2.12 bits per heavy atom. The molecule has 2 rings (SSSR count). The van der Waals surface area contributed by atoms with Crippen LogP contribution in [0.2, 0.25) is 0 Å². The summed E-state index contributed by atoms with van der Waals surface area (Å²) in [7, 11) is -3.62. The van der Waals surface area contributed by atoms with Crippen LogP contribution in [0.15, 0.2) is 59.5 Å². The molecule has 2 aromatic carbocycles. The maximum absolute atomic E-state index is 13.2. The van der Waals surface area contributed by atoms with Crippen LogP contribution in [0.1, 0.15) is 32.8 Å². The maximum Gasteiger partial charge on any atom is 0.243 e. The lowest BCUT2D eigenvalue weighted by molar-refractivity contribution is 0.281. The fourth-order valence-corrected chi connectivity index (χ4v) is 4.75. The molecule has 0 aliphatic rings. The van der Waals surface area contributed by atoms with E-state index in [2.05, 4.69) is 0 Å². The minimum atomic E-state index is -3.62. The molecule has 0 aliphatic heterocycles. The number of hydrogen-bond acceptors (Lipinski definition) is 3. The third-order valence-corrected chi connectivity index (χ3v) is 6.11. The number of nitrogens with zero attached hydrogens (tertiary/aromatic N) is 1. The standard InChI is InChI=1S/C20H27NO3S/c1-4-18(14-17-8-6-5-7-9-17)21(15-16(2)3)25(23,24)20-12-10-19(22)11-13-20/h5-13,16,18,22H,4,14-15H2,1-3H3. The summed E-state index contributed by atoms with van der Waals surface area (Å²) in [5.74, 6) is 0.280. The predicted octanol–water partition coefficient (Wildman–Crippen LogP) is 4.06. The van der Waals surface area contributed by atoms with Gasteiger partial charge in [0.2, 0.25) is 10.0 Å². The number of rotatable bonds is 8. The van der Waals surface area contributed by atoms with Crippen molar-refractivity contribution in [3.8, 4) is 5.75 Å². The van der Waals surface area contributed by atoms with Gasteiger partial charge in [0, 0.05) is 12.6 Å². The predicted molar refractivity (Wildman–Crippen MR) is 101 cm³/mol. The largest absolute Gasteiger partial charge is 0.508 e. The van der Waals surface area contributed by atoms with Crippen molar-refractivity contribution in [2.75, 3.05) is 6.54 Å². The molecule has 136 valence electrons. The molecule has 1 unspecified atom stereocenters. The summed E-state index contributed by atoms with van der Waals surface area (Å²) in [6, 6.07) is 15.6. The molecule has 2 aromatic rings. The highest BCUT2D eigenvalue weighted by atomic mass is 32.2. The summed E-state index contributed by atoms with van der Waals surface area (Å²) in [6.45, 7) is 6.53. The van der Waals surface area contributed by atoms with Gasteiger partial charge in [-0.15, -0.1) is 0 Å². The van der Waals surface area contributed by atoms with Gasteiger partial charge in [0.05, 0.1) is 4.90 Å². The molecule has 1 atom stereocenters. The minimum Gasteiger partial charge on any atom is -0.508 e. The zero-order chi connectivity index (χ0) is 18.4. The molecule has 0 radical (unpaired) electrons. The monoisotopic (exact) mass is 361 g/mol. The van der Waals surface area contributed by atoms with Gasteiger partial charge in [-0.1, -0.05) is 51.1 Å². The highest BCUT2D eigenvalue weighted by molar-refractivity contribution is 7.89. The van der Waals surface area contributed by atoms with Gasteiger partial charge in [-0.3, -0.25) is 0 Å². The van der Waals surface area contributed by atoms with Crippen LogP contribution >= 0.6 is 0 Å². The van der Waals surface area contributed by atoms with E-state index in [9.17, 15) is 13.5 Å². The fourth-order valence-electron chi connectivity index (χ4n) is 2.89. The Labute approximate surface area is 151 Å².